The molecule has 172 valence electrons. The second kappa shape index (κ2) is 7.71. The van der Waals surface area contributed by atoms with E-state index >= 15 is 0 Å². The fourth-order valence-corrected chi connectivity index (χ4v) is 5.78. The van der Waals surface area contributed by atoms with Gasteiger partial charge in [0.05, 0.1) is 24.3 Å². The van der Waals surface area contributed by atoms with Crippen LogP contribution < -0.4 is 16.0 Å². The first-order valence-corrected chi connectivity index (χ1v) is 12.0. The van der Waals surface area contributed by atoms with Crippen LogP contribution in [0.5, 0.6) is 0 Å². The van der Waals surface area contributed by atoms with Crippen LogP contribution in [0.15, 0.2) is 40.7 Å². The smallest absolute Gasteiger partial charge is 0.254 e. The number of anilines is 1. The quantitative estimate of drug-likeness (QED) is 0.735. The Morgan fingerprint density at radius 2 is 2.09 bits per heavy atom. The zero-order valence-electron chi connectivity index (χ0n) is 19.3. The predicted molar refractivity (Wildman–Crippen MR) is 127 cm³/mol. The van der Waals surface area contributed by atoms with E-state index in [9.17, 15) is 4.79 Å². The molecule has 1 saturated heterocycles. The van der Waals surface area contributed by atoms with E-state index in [0.29, 0.717) is 30.4 Å². The number of carbonyl (C=O) groups is 1. The Balaban J connectivity index is 1.11. The highest BCUT2D eigenvalue weighted by molar-refractivity contribution is 6.00. The van der Waals surface area contributed by atoms with Crippen LogP contribution in [0.4, 0.5) is 5.82 Å². The van der Waals surface area contributed by atoms with Crippen molar-refractivity contribution < 1.29 is 4.79 Å². The molecule has 1 amide bonds. The van der Waals surface area contributed by atoms with Gasteiger partial charge in [-0.1, -0.05) is 13.0 Å². The molecular weight excluding hydrogens is 414 g/mol. The van der Waals surface area contributed by atoms with Crippen molar-refractivity contribution in [3.05, 3.63) is 52.5 Å². The maximum atomic E-state index is 13.0. The van der Waals surface area contributed by atoms with Gasteiger partial charge in [0.2, 0.25) is 0 Å². The summed E-state index contributed by atoms with van der Waals surface area (Å²) >= 11 is 0. The van der Waals surface area contributed by atoms with Gasteiger partial charge in [0.1, 0.15) is 11.7 Å². The molecule has 8 nitrogen and oxygen atoms in total. The lowest BCUT2D eigenvalue weighted by atomic mass is 9.92. The van der Waals surface area contributed by atoms with Gasteiger partial charge in [0.15, 0.2) is 0 Å². The molecule has 2 fully saturated rings. The number of aryl methyl sites for hydroxylation is 1. The van der Waals surface area contributed by atoms with Crippen molar-refractivity contribution in [2.75, 3.05) is 24.5 Å². The first kappa shape index (κ1) is 20.4. The lowest BCUT2D eigenvalue weighted by Gasteiger charge is -2.24. The van der Waals surface area contributed by atoms with Crippen LogP contribution in [0.25, 0.3) is 0 Å². The fraction of sp³-hybridized carbons (Fsp3) is 0.520. The molecule has 6 rings (SSSR count). The molecule has 0 aromatic carbocycles. The number of pyridine rings is 1. The van der Waals surface area contributed by atoms with Crippen LogP contribution in [-0.4, -0.2) is 52.2 Å². The second-order valence-corrected chi connectivity index (χ2v) is 10.1. The standard InChI is InChI=1S/C25H31N7O/c1-14-8-27-24(26)20-4-5-21(23(14)20)30-25(33)19-9-28-32(13-19)12-16-3-6-22(29-15(16)2)31-10-17-7-18(17)11-31/h3,6,9,13-14,17-18,21H,4-5,7-8,10-12H2,1-2H3,(H2,26,27)(H,30,33)/t14?,17?,18?,21-/m1/s1. The maximum Gasteiger partial charge on any atom is 0.254 e. The van der Waals surface area contributed by atoms with Gasteiger partial charge in [-0.05, 0) is 66.7 Å². The molecule has 0 bridgehead atoms. The number of amides is 1. The van der Waals surface area contributed by atoms with Gasteiger partial charge in [0.25, 0.3) is 5.91 Å². The summed E-state index contributed by atoms with van der Waals surface area (Å²) in [5, 5.41) is 7.64. The first-order chi connectivity index (χ1) is 16.0. The Morgan fingerprint density at radius 3 is 2.88 bits per heavy atom. The Bertz CT molecular complexity index is 1170. The van der Waals surface area contributed by atoms with Crippen LogP contribution in [-0.2, 0) is 6.54 Å². The number of rotatable bonds is 5. The van der Waals surface area contributed by atoms with E-state index in [1.54, 1.807) is 6.20 Å². The SMILES string of the molecule is Cc1nc(N2CC3CC3C2)ccc1Cn1cc(C(=O)N[C@@H]2CCC3=C2C(C)CN=C3N)cn1. The molecule has 1 saturated carbocycles. The van der Waals surface area contributed by atoms with E-state index in [-0.39, 0.29) is 11.9 Å². The van der Waals surface area contributed by atoms with Gasteiger partial charge in [-0.25, -0.2) is 4.98 Å². The number of carbonyl (C=O) groups excluding carboxylic acids is 1. The highest BCUT2D eigenvalue weighted by Gasteiger charge is 2.45. The largest absolute Gasteiger partial charge is 0.384 e. The number of aliphatic imine (C=N–C) groups is 1. The highest BCUT2D eigenvalue weighted by atomic mass is 16.1. The van der Waals surface area contributed by atoms with E-state index in [4.69, 9.17) is 10.7 Å². The van der Waals surface area contributed by atoms with Crippen molar-refractivity contribution >= 4 is 17.6 Å². The zero-order chi connectivity index (χ0) is 22.7. The van der Waals surface area contributed by atoms with Gasteiger partial charge in [0, 0.05) is 31.5 Å². The van der Waals surface area contributed by atoms with Gasteiger partial charge >= 0.3 is 0 Å². The van der Waals surface area contributed by atoms with Crippen molar-refractivity contribution in [1.29, 1.82) is 0 Å². The maximum absolute atomic E-state index is 13.0. The van der Waals surface area contributed by atoms with Crippen molar-refractivity contribution in [3.8, 4) is 0 Å². The minimum Gasteiger partial charge on any atom is -0.384 e. The van der Waals surface area contributed by atoms with Gasteiger partial charge in [-0.2, -0.15) is 5.10 Å². The molecule has 4 atom stereocenters. The summed E-state index contributed by atoms with van der Waals surface area (Å²) in [7, 11) is 0. The third-order valence-electron chi connectivity index (χ3n) is 7.80. The van der Waals surface area contributed by atoms with Gasteiger partial charge in [-0.3, -0.25) is 14.5 Å². The number of piperidine rings is 1. The topological polar surface area (TPSA) is 101 Å². The molecule has 3 N–H and O–H groups in total. The number of fused-ring (bicyclic) bond motifs is 1. The third kappa shape index (κ3) is 3.71. The Morgan fingerprint density at radius 1 is 1.27 bits per heavy atom. The Kier molecular flexibility index (Phi) is 4.78. The van der Waals surface area contributed by atoms with Crippen LogP contribution in [0.1, 0.15) is 47.8 Å². The van der Waals surface area contributed by atoms with Gasteiger partial charge in [-0.15, -0.1) is 0 Å². The number of aromatic nitrogens is 3. The van der Waals surface area contributed by atoms with Crippen LogP contribution in [0.2, 0.25) is 0 Å². The number of nitrogens with zero attached hydrogens (tertiary/aromatic N) is 5. The second-order valence-electron chi connectivity index (χ2n) is 10.1. The summed E-state index contributed by atoms with van der Waals surface area (Å²) in [4.78, 5) is 24.6. The summed E-state index contributed by atoms with van der Waals surface area (Å²) in [6.07, 6.45) is 6.61. The number of amidine groups is 1. The zero-order valence-corrected chi connectivity index (χ0v) is 19.3. The molecule has 0 spiro atoms. The molecule has 8 heteroatoms. The Hall–Kier alpha value is -3.16. The number of hydrogen-bond acceptors (Lipinski definition) is 6. The van der Waals surface area contributed by atoms with Crippen LogP contribution in [0.3, 0.4) is 0 Å². The normalized spacial score (nSPS) is 27.9. The number of nitrogens with one attached hydrogen (secondary N) is 1. The monoisotopic (exact) mass is 445 g/mol. The minimum atomic E-state index is -0.0916. The molecule has 4 aliphatic rings. The summed E-state index contributed by atoms with van der Waals surface area (Å²) in [5.41, 5.74) is 11.2. The van der Waals surface area contributed by atoms with Gasteiger partial charge < -0.3 is 16.0 Å². The first-order valence-electron chi connectivity index (χ1n) is 12.0. The van der Waals surface area contributed by atoms with Crippen molar-refractivity contribution in [1.82, 2.24) is 20.1 Å². The van der Waals surface area contributed by atoms with E-state index in [1.807, 2.05) is 10.9 Å². The highest BCUT2D eigenvalue weighted by Crippen LogP contribution is 2.46. The number of dihydropyridines is 1. The molecule has 2 aliphatic heterocycles. The molecule has 2 aromatic rings. The molecule has 2 aromatic heterocycles. The van der Waals surface area contributed by atoms with Crippen molar-refractivity contribution in [2.45, 2.75) is 45.7 Å². The van der Waals surface area contributed by atoms with E-state index in [1.165, 1.54) is 12.0 Å². The lowest BCUT2D eigenvalue weighted by molar-refractivity contribution is 0.0941. The number of hydrogen-bond donors (Lipinski definition) is 2. The molecule has 2 aliphatic carbocycles. The average Bonchev–Trinajstić information content (AvgIpc) is 3.20. The molecular formula is C25H31N7O. The Labute approximate surface area is 194 Å². The average molecular weight is 446 g/mol. The van der Waals surface area contributed by atoms with Crippen molar-refractivity contribution in [3.63, 3.8) is 0 Å². The molecule has 4 heterocycles. The lowest BCUT2D eigenvalue weighted by Crippen LogP contribution is -2.37. The fourth-order valence-electron chi connectivity index (χ4n) is 5.78. The van der Waals surface area contributed by atoms with E-state index in [0.717, 1.165) is 60.4 Å². The minimum absolute atomic E-state index is 0.0236. The number of nitrogens with two attached hydrogens (primary N) is 1. The van der Waals surface area contributed by atoms with E-state index < -0.39 is 0 Å². The predicted octanol–water partition coefficient (Wildman–Crippen LogP) is 2.29. The summed E-state index contributed by atoms with van der Waals surface area (Å²) < 4.78 is 1.82. The van der Waals surface area contributed by atoms with Crippen LogP contribution in [0, 0.1) is 24.7 Å². The van der Waals surface area contributed by atoms with Crippen molar-refractivity contribution in [2.24, 2.45) is 28.5 Å². The van der Waals surface area contributed by atoms with Crippen LogP contribution >= 0.6 is 0 Å². The summed E-state index contributed by atoms with van der Waals surface area (Å²) in [6, 6.07) is 4.29. The summed E-state index contributed by atoms with van der Waals surface area (Å²) in [6.45, 7) is 7.79. The molecule has 3 unspecified atom stereocenters. The third-order valence-corrected chi connectivity index (χ3v) is 7.80. The molecule has 33 heavy (non-hydrogen) atoms. The summed E-state index contributed by atoms with van der Waals surface area (Å²) in [5.74, 6) is 3.72. The van der Waals surface area contributed by atoms with E-state index in [2.05, 4.69) is 46.3 Å². The molecule has 0 radical (unpaired) electrons.